The molecule has 3 rings (SSSR count). The highest BCUT2D eigenvalue weighted by Crippen LogP contribution is 2.24. The van der Waals surface area contributed by atoms with Crippen molar-refractivity contribution in [1.82, 2.24) is 14.5 Å². The predicted octanol–water partition coefficient (Wildman–Crippen LogP) is 4.03. The first-order valence-corrected chi connectivity index (χ1v) is 7.97. The second kappa shape index (κ2) is 6.54. The molecule has 0 atom stereocenters. The molecule has 2 heterocycles. The van der Waals surface area contributed by atoms with Gasteiger partial charge in [0.2, 0.25) is 0 Å². The van der Waals surface area contributed by atoms with Gasteiger partial charge in [0.25, 0.3) is 0 Å². The molecule has 0 aliphatic heterocycles. The Hall–Kier alpha value is -2.14. The summed E-state index contributed by atoms with van der Waals surface area (Å²) in [4.78, 5) is 8.58. The third kappa shape index (κ3) is 3.31. The van der Waals surface area contributed by atoms with E-state index in [9.17, 15) is 0 Å². The lowest BCUT2D eigenvalue weighted by atomic mass is 10.2. The zero-order valence-electron chi connectivity index (χ0n) is 12.0. The van der Waals surface area contributed by atoms with Crippen LogP contribution >= 0.6 is 11.3 Å². The van der Waals surface area contributed by atoms with Crippen molar-refractivity contribution in [1.29, 1.82) is 0 Å². The first-order chi connectivity index (χ1) is 10.4. The second-order valence-electron chi connectivity index (χ2n) is 4.85. The molecule has 0 bridgehead atoms. The molecule has 0 aliphatic carbocycles. The molecule has 0 spiro atoms. The van der Waals surface area contributed by atoms with Crippen LogP contribution in [0.1, 0.15) is 19.0 Å². The lowest BCUT2D eigenvalue weighted by Crippen LogP contribution is -2.06. The number of hydrogen-bond donors (Lipinski definition) is 1. The maximum Gasteiger partial charge on any atom is 0.123 e. The fraction of sp³-hybridized carbons (Fsp3) is 0.250. The van der Waals surface area contributed by atoms with Gasteiger partial charge in [-0.15, -0.1) is 11.3 Å². The van der Waals surface area contributed by atoms with Crippen LogP contribution in [0.15, 0.2) is 48.4 Å². The number of thiazole rings is 1. The molecule has 0 radical (unpaired) electrons. The lowest BCUT2D eigenvalue weighted by molar-refractivity contribution is 0.651. The third-order valence-electron chi connectivity index (χ3n) is 3.28. The van der Waals surface area contributed by atoms with Crippen molar-refractivity contribution in [3.05, 3.63) is 54.1 Å². The van der Waals surface area contributed by atoms with Crippen LogP contribution < -0.4 is 5.32 Å². The van der Waals surface area contributed by atoms with E-state index in [1.165, 1.54) is 5.69 Å². The Morgan fingerprint density at radius 3 is 3.10 bits per heavy atom. The molecule has 0 unspecified atom stereocenters. The number of nitrogens with one attached hydrogen (secondary N) is 1. The molecule has 4 nitrogen and oxygen atoms in total. The van der Waals surface area contributed by atoms with Gasteiger partial charge in [-0.1, -0.05) is 19.1 Å². The minimum absolute atomic E-state index is 0.779. The minimum atomic E-state index is 0.779. The van der Waals surface area contributed by atoms with Crippen molar-refractivity contribution in [3.63, 3.8) is 0 Å². The van der Waals surface area contributed by atoms with Gasteiger partial charge in [-0.2, -0.15) is 0 Å². The highest BCUT2D eigenvalue weighted by atomic mass is 32.1. The Labute approximate surface area is 128 Å². The van der Waals surface area contributed by atoms with Crippen LogP contribution in [-0.2, 0) is 13.1 Å². The molecule has 3 aromatic rings. The number of nitrogens with zero attached hydrogens (tertiary/aromatic N) is 3. The molecule has 0 aliphatic rings. The molecule has 2 aromatic heterocycles. The Morgan fingerprint density at radius 2 is 2.29 bits per heavy atom. The molecule has 1 aromatic carbocycles. The van der Waals surface area contributed by atoms with Gasteiger partial charge in [-0.25, -0.2) is 9.97 Å². The standard InChI is InChI=1S/C16H18N4S/c1-2-7-20-12-17-10-15(20)11-19-14-5-3-4-13(9-14)16-18-6-8-21-16/h3-6,8-10,12,19H,2,7,11H2,1H3. The Bertz CT molecular complexity index is 688. The fourth-order valence-corrected chi connectivity index (χ4v) is 2.89. The summed E-state index contributed by atoms with van der Waals surface area (Å²) in [5, 5.41) is 6.51. The van der Waals surface area contributed by atoms with Crippen molar-refractivity contribution >= 4 is 17.0 Å². The van der Waals surface area contributed by atoms with Gasteiger partial charge in [-0.05, 0) is 18.6 Å². The number of hydrogen-bond acceptors (Lipinski definition) is 4. The number of aromatic nitrogens is 3. The summed E-state index contributed by atoms with van der Waals surface area (Å²) >= 11 is 1.66. The monoisotopic (exact) mass is 298 g/mol. The van der Waals surface area contributed by atoms with E-state index in [0.717, 1.165) is 35.8 Å². The molecule has 5 heteroatoms. The predicted molar refractivity (Wildman–Crippen MR) is 87.4 cm³/mol. The van der Waals surface area contributed by atoms with Crippen LogP contribution in [0.25, 0.3) is 10.6 Å². The van der Waals surface area contributed by atoms with E-state index in [2.05, 4.69) is 51.0 Å². The van der Waals surface area contributed by atoms with Crippen LogP contribution in [0.5, 0.6) is 0 Å². The van der Waals surface area contributed by atoms with E-state index in [-0.39, 0.29) is 0 Å². The normalized spacial score (nSPS) is 10.7. The molecule has 21 heavy (non-hydrogen) atoms. The largest absolute Gasteiger partial charge is 0.379 e. The summed E-state index contributed by atoms with van der Waals surface area (Å²) in [6.07, 6.45) is 6.77. The van der Waals surface area contributed by atoms with Crippen LogP contribution in [-0.4, -0.2) is 14.5 Å². The van der Waals surface area contributed by atoms with Gasteiger partial charge in [0, 0.05) is 35.6 Å². The van der Waals surface area contributed by atoms with Crippen molar-refractivity contribution in [2.24, 2.45) is 0 Å². The lowest BCUT2D eigenvalue weighted by Gasteiger charge is -2.10. The van der Waals surface area contributed by atoms with Crippen molar-refractivity contribution in [2.75, 3.05) is 5.32 Å². The highest BCUT2D eigenvalue weighted by molar-refractivity contribution is 7.13. The molecular weight excluding hydrogens is 280 g/mol. The first kappa shape index (κ1) is 13.8. The molecule has 1 N–H and O–H groups in total. The third-order valence-corrected chi connectivity index (χ3v) is 4.10. The molecule has 0 saturated carbocycles. The number of benzene rings is 1. The summed E-state index contributed by atoms with van der Waals surface area (Å²) in [7, 11) is 0. The molecular formula is C16H18N4S. The van der Waals surface area contributed by atoms with Crippen LogP contribution in [0.3, 0.4) is 0 Å². The fourth-order valence-electron chi connectivity index (χ4n) is 2.26. The van der Waals surface area contributed by atoms with Gasteiger partial charge in [-0.3, -0.25) is 0 Å². The highest BCUT2D eigenvalue weighted by Gasteiger charge is 2.03. The number of imidazole rings is 1. The van der Waals surface area contributed by atoms with Crippen molar-refractivity contribution < 1.29 is 0 Å². The second-order valence-corrected chi connectivity index (χ2v) is 5.74. The Kier molecular flexibility index (Phi) is 4.31. The summed E-state index contributed by atoms with van der Waals surface area (Å²) in [6.45, 7) is 3.96. The zero-order valence-corrected chi connectivity index (χ0v) is 12.8. The topological polar surface area (TPSA) is 42.7 Å². The Balaban J connectivity index is 1.71. The number of anilines is 1. The summed E-state index contributed by atoms with van der Waals surface area (Å²) in [5.41, 5.74) is 3.46. The summed E-state index contributed by atoms with van der Waals surface area (Å²) in [6, 6.07) is 8.37. The average Bonchev–Trinajstić information content (AvgIpc) is 3.18. The quantitative estimate of drug-likeness (QED) is 0.747. The molecule has 108 valence electrons. The van der Waals surface area contributed by atoms with Crippen LogP contribution in [0.4, 0.5) is 5.69 Å². The Morgan fingerprint density at radius 1 is 1.33 bits per heavy atom. The van der Waals surface area contributed by atoms with Gasteiger partial charge < -0.3 is 9.88 Å². The van der Waals surface area contributed by atoms with Gasteiger partial charge in [0.05, 0.1) is 18.6 Å². The molecule has 0 fully saturated rings. The smallest absolute Gasteiger partial charge is 0.123 e. The van der Waals surface area contributed by atoms with Crippen LogP contribution in [0, 0.1) is 0 Å². The SMILES string of the molecule is CCCn1cncc1CNc1cccc(-c2nccs2)c1. The van der Waals surface area contributed by atoms with Crippen molar-refractivity contribution in [2.45, 2.75) is 26.4 Å². The van der Waals surface area contributed by atoms with Crippen molar-refractivity contribution in [3.8, 4) is 10.6 Å². The average molecular weight is 298 g/mol. The van der Waals surface area contributed by atoms with E-state index in [0.29, 0.717) is 0 Å². The molecule has 0 amide bonds. The van der Waals surface area contributed by atoms with Gasteiger partial charge >= 0.3 is 0 Å². The van der Waals surface area contributed by atoms with E-state index < -0.39 is 0 Å². The maximum absolute atomic E-state index is 4.35. The molecule has 0 saturated heterocycles. The maximum atomic E-state index is 4.35. The first-order valence-electron chi connectivity index (χ1n) is 7.09. The van der Waals surface area contributed by atoms with E-state index in [1.54, 1.807) is 11.3 Å². The van der Waals surface area contributed by atoms with E-state index in [1.807, 2.05) is 24.1 Å². The zero-order chi connectivity index (χ0) is 14.5. The van der Waals surface area contributed by atoms with Gasteiger partial charge in [0.1, 0.15) is 5.01 Å². The number of rotatable bonds is 6. The van der Waals surface area contributed by atoms with Gasteiger partial charge in [0.15, 0.2) is 0 Å². The summed E-state index contributed by atoms with van der Waals surface area (Å²) in [5.74, 6) is 0. The summed E-state index contributed by atoms with van der Waals surface area (Å²) < 4.78 is 2.19. The van der Waals surface area contributed by atoms with E-state index in [4.69, 9.17) is 0 Å². The number of aryl methyl sites for hydroxylation is 1. The van der Waals surface area contributed by atoms with E-state index >= 15 is 0 Å². The van der Waals surface area contributed by atoms with Crippen LogP contribution in [0.2, 0.25) is 0 Å². The minimum Gasteiger partial charge on any atom is -0.379 e.